The van der Waals surface area contributed by atoms with Crippen LogP contribution in [0.4, 0.5) is 4.79 Å². The monoisotopic (exact) mass is 263 g/mol. The highest BCUT2D eigenvalue weighted by molar-refractivity contribution is 5.76. The molecule has 0 aliphatic carbocycles. The summed E-state index contributed by atoms with van der Waals surface area (Å²) in [6, 6.07) is 8.23. The lowest BCUT2D eigenvalue weighted by Gasteiger charge is -2.18. The first kappa shape index (κ1) is 13.7. The molecule has 0 radical (unpaired) electrons. The highest BCUT2D eigenvalue weighted by Crippen LogP contribution is 2.24. The van der Waals surface area contributed by atoms with E-state index in [-0.39, 0.29) is 12.1 Å². The number of carbonyl (C=O) groups is 1. The Kier molecular flexibility index (Phi) is 4.63. The van der Waals surface area contributed by atoms with Gasteiger partial charge in [0.25, 0.3) is 0 Å². The predicted octanol–water partition coefficient (Wildman–Crippen LogP) is 1.37. The summed E-state index contributed by atoms with van der Waals surface area (Å²) in [5.74, 6) is 0.879. The lowest BCUT2D eigenvalue weighted by molar-refractivity contribution is 0.202. The number of nitrogens with one attached hydrogen (secondary N) is 2. The summed E-state index contributed by atoms with van der Waals surface area (Å²) in [7, 11) is 1.93. The van der Waals surface area contributed by atoms with Gasteiger partial charge in [0.15, 0.2) is 0 Å². The SMILES string of the molecule is CNC(C)c1ccccc1OCCN1CCNC1=O. The molecule has 2 N–H and O–H groups in total. The zero-order valence-corrected chi connectivity index (χ0v) is 11.5. The van der Waals surface area contributed by atoms with Crippen molar-refractivity contribution in [3.8, 4) is 5.75 Å². The summed E-state index contributed by atoms with van der Waals surface area (Å²) in [5.41, 5.74) is 1.14. The molecule has 1 atom stereocenters. The van der Waals surface area contributed by atoms with E-state index in [2.05, 4.69) is 23.6 Å². The van der Waals surface area contributed by atoms with Gasteiger partial charge in [0, 0.05) is 24.7 Å². The third kappa shape index (κ3) is 3.38. The smallest absolute Gasteiger partial charge is 0.317 e. The number of urea groups is 1. The number of rotatable bonds is 6. The fourth-order valence-electron chi connectivity index (χ4n) is 2.12. The van der Waals surface area contributed by atoms with E-state index >= 15 is 0 Å². The summed E-state index contributed by atoms with van der Waals surface area (Å²) in [6.07, 6.45) is 0. The molecule has 1 saturated heterocycles. The Morgan fingerprint density at radius 3 is 2.95 bits per heavy atom. The molecule has 2 rings (SSSR count). The number of ether oxygens (including phenoxy) is 1. The van der Waals surface area contributed by atoms with Gasteiger partial charge < -0.3 is 20.3 Å². The lowest BCUT2D eigenvalue weighted by Crippen LogP contribution is -2.32. The number of amides is 2. The van der Waals surface area contributed by atoms with Gasteiger partial charge in [-0.2, -0.15) is 0 Å². The Bertz CT molecular complexity index is 436. The summed E-state index contributed by atoms with van der Waals surface area (Å²) >= 11 is 0. The second-order valence-electron chi connectivity index (χ2n) is 4.62. The minimum absolute atomic E-state index is 0.000443. The van der Waals surface area contributed by atoms with Crippen molar-refractivity contribution in [2.24, 2.45) is 0 Å². The number of nitrogens with zero attached hydrogens (tertiary/aromatic N) is 1. The molecule has 1 fully saturated rings. The highest BCUT2D eigenvalue weighted by atomic mass is 16.5. The number of benzene rings is 1. The molecule has 104 valence electrons. The van der Waals surface area contributed by atoms with E-state index in [1.807, 2.05) is 25.2 Å². The van der Waals surface area contributed by atoms with Crippen LogP contribution in [-0.2, 0) is 0 Å². The molecule has 2 amide bonds. The van der Waals surface area contributed by atoms with Crippen molar-refractivity contribution in [3.63, 3.8) is 0 Å². The molecule has 0 spiro atoms. The zero-order chi connectivity index (χ0) is 13.7. The Labute approximate surface area is 113 Å². The Balaban J connectivity index is 1.90. The second kappa shape index (κ2) is 6.43. The molecule has 5 nitrogen and oxygen atoms in total. The van der Waals surface area contributed by atoms with Crippen LogP contribution in [0.2, 0.25) is 0 Å². The number of para-hydroxylation sites is 1. The van der Waals surface area contributed by atoms with E-state index in [9.17, 15) is 4.79 Å². The molecule has 1 heterocycles. The maximum absolute atomic E-state index is 11.4. The molecule has 1 aromatic rings. The first-order valence-corrected chi connectivity index (χ1v) is 6.64. The number of hydrogen-bond donors (Lipinski definition) is 2. The van der Waals surface area contributed by atoms with Gasteiger partial charge in [-0.25, -0.2) is 4.79 Å². The minimum atomic E-state index is 0.000443. The summed E-state index contributed by atoms with van der Waals surface area (Å²) < 4.78 is 5.81. The van der Waals surface area contributed by atoms with Crippen LogP contribution in [0.5, 0.6) is 5.75 Å². The van der Waals surface area contributed by atoms with E-state index in [1.54, 1.807) is 4.90 Å². The van der Waals surface area contributed by atoms with Crippen molar-refractivity contribution in [3.05, 3.63) is 29.8 Å². The molecule has 1 aliphatic heterocycles. The Morgan fingerprint density at radius 2 is 2.26 bits per heavy atom. The van der Waals surface area contributed by atoms with Crippen molar-refractivity contribution in [1.29, 1.82) is 0 Å². The van der Waals surface area contributed by atoms with Gasteiger partial charge in [0.05, 0.1) is 6.54 Å². The zero-order valence-electron chi connectivity index (χ0n) is 11.5. The van der Waals surface area contributed by atoms with Crippen molar-refractivity contribution in [2.75, 3.05) is 33.3 Å². The Morgan fingerprint density at radius 1 is 1.47 bits per heavy atom. The topological polar surface area (TPSA) is 53.6 Å². The molecule has 1 aromatic carbocycles. The normalized spacial score (nSPS) is 16.3. The molecule has 1 unspecified atom stereocenters. The van der Waals surface area contributed by atoms with Crippen LogP contribution in [0, 0.1) is 0 Å². The van der Waals surface area contributed by atoms with Gasteiger partial charge >= 0.3 is 6.03 Å². The van der Waals surface area contributed by atoms with Crippen molar-refractivity contribution >= 4 is 6.03 Å². The molecule has 0 saturated carbocycles. The van der Waals surface area contributed by atoms with Gasteiger partial charge in [-0.05, 0) is 20.0 Å². The van der Waals surface area contributed by atoms with Gasteiger partial charge in [0.2, 0.25) is 0 Å². The first-order chi connectivity index (χ1) is 9.22. The van der Waals surface area contributed by atoms with Gasteiger partial charge in [0.1, 0.15) is 12.4 Å². The van der Waals surface area contributed by atoms with Crippen molar-refractivity contribution in [2.45, 2.75) is 13.0 Å². The molecule has 5 heteroatoms. The minimum Gasteiger partial charge on any atom is -0.491 e. The third-order valence-electron chi connectivity index (χ3n) is 3.38. The van der Waals surface area contributed by atoms with Crippen LogP contribution in [0.15, 0.2) is 24.3 Å². The maximum Gasteiger partial charge on any atom is 0.317 e. The summed E-state index contributed by atoms with van der Waals surface area (Å²) in [5, 5.41) is 5.98. The van der Waals surface area contributed by atoms with Crippen LogP contribution >= 0.6 is 0 Å². The molecule has 19 heavy (non-hydrogen) atoms. The van der Waals surface area contributed by atoms with E-state index < -0.39 is 0 Å². The van der Waals surface area contributed by atoms with Crippen LogP contribution in [0.1, 0.15) is 18.5 Å². The van der Waals surface area contributed by atoms with E-state index in [4.69, 9.17) is 4.74 Å². The largest absolute Gasteiger partial charge is 0.491 e. The second-order valence-corrected chi connectivity index (χ2v) is 4.62. The maximum atomic E-state index is 11.4. The average Bonchev–Trinajstić information content (AvgIpc) is 2.84. The molecular formula is C14H21N3O2. The lowest BCUT2D eigenvalue weighted by atomic mass is 10.1. The predicted molar refractivity (Wildman–Crippen MR) is 74.4 cm³/mol. The Hall–Kier alpha value is -1.75. The van der Waals surface area contributed by atoms with Crippen LogP contribution in [0.3, 0.4) is 0 Å². The fourth-order valence-corrected chi connectivity index (χ4v) is 2.12. The van der Waals surface area contributed by atoms with Gasteiger partial charge in [-0.15, -0.1) is 0 Å². The van der Waals surface area contributed by atoms with Gasteiger partial charge in [-0.3, -0.25) is 0 Å². The van der Waals surface area contributed by atoms with E-state index in [0.29, 0.717) is 13.2 Å². The number of hydrogen-bond acceptors (Lipinski definition) is 3. The standard InChI is InChI=1S/C14H21N3O2/c1-11(15-2)12-5-3-4-6-13(12)19-10-9-17-8-7-16-14(17)18/h3-6,11,15H,7-10H2,1-2H3,(H,16,18). The quantitative estimate of drug-likeness (QED) is 0.815. The van der Waals surface area contributed by atoms with Crippen LogP contribution in [0.25, 0.3) is 0 Å². The summed E-state index contributed by atoms with van der Waals surface area (Å²) in [4.78, 5) is 13.2. The first-order valence-electron chi connectivity index (χ1n) is 6.64. The van der Waals surface area contributed by atoms with Gasteiger partial charge in [-0.1, -0.05) is 18.2 Å². The molecular weight excluding hydrogens is 242 g/mol. The van der Waals surface area contributed by atoms with Crippen LogP contribution in [-0.4, -0.2) is 44.2 Å². The van der Waals surface area contributed by atoms with Crippen LogP contribution < -0.4 is 15.4 Å². The average molecular weight is 263 g/mol. The third-order valence-corrected chi connectivity index (χ3v) is 3.38. The molecule has 0 bridgehead atoms. The molecule has 1 aliphatic rings. The highest BCUT2D eigenvalue weighted by Gasteiger charge is 2.19. The fraction of sp³-hybridized carbons (Fsp3) is 0.500. The van der Waals surface area contributed by atoms with E-state index in [1.165, 1.54) is 0 Å². The summed E-state index contributed by atoms with van der Waals surface area (Å²) in [6.45, 7) is 4.72. The van der Waals surface area contributed by atoms with Crippen molar-refractivity contribution < 1.29 is 9.53 Å². The molecule has 0 aromatic heterocycles. The van der Waals surface area contributed by atoms with E-state index in [0.717, 1.165) is 24.4 Å². The van der Waals surface area contributed by atoms with Crippen molar-refractivity contribution in [1.82, 2.24) is 15.5 Å². The number of carbonyl (C=O) groups excluding carboxylic acids is 1.